The summed E-state index contributed by atoms with van der Waals surface area (Å²) in [6, 6.07) is 15.7. The number of H-pyrrole nitrogens is 1. The number of tetrazole rings is 1. The maximum Gasteiger partial charge on any atom is 2.00 e. The molecule has 0 aliphatic heterocycles. The summed E-state index contributed by atoms with van der Waals surface area (Å²) in [7, 11) is 0. The van der Waals surface area contributed by atoms with Crippen LogP contribution in [0.25, 0.3) is 22.5 Å². The molecule has 13 heteroatoms. The van der Waals surface area contributed by atoms with E-state index in [-0.39, 0.29) is 70.1 Å². The van der Waals surface area contributed by atoms with Crippen LogP contribution in [-0.4, -0.2) is 79.0 Å². The van der Waals surface area contributed by atoms with Gasteiger partial charge in [0.15, 0.2) is 23.8 Å². The Morgan fingerprint density at radius 1 is 1.12 bits per heavy atom. The molecule has 216 valence electrons. The first-order valence-corrected chi connectivity index (χ1v) is 13.2. The molecule has 42 heavy (non-hydrogen) atoms. The number of hydrogen-bond acceptors (Lipinski definition) is 10. The number of hydrogen-bond donors (Lipinski definition) is 2. The largest absolute Gasteiger partial charge is 2.00 e. The number of aliphatic hydroxyl groups is 1. The second-order valence-corrected chi connectivity index (χ2v) is 10.1. The van der Waals surface area contributed by atoms with E-state index in [0.29, 0.717) is 24.6 Å². The second kappa shape index (κ2) is 13.2. The van der Waals surface area contributed by atoms with Crippen molar-refractivity contribution in [1.82, 2.24) is 30.2 Å². The first-order valence-electron chi connectivity index (χ1n) is 13.2. The van der Waals surface area contributed by atoms with Crippen molar-refractivity contribution >= 4 is 43.7 Å². The molecule has 5 rings (SSSR count). The number of imidazole rings is 1. The van der Waals surface area contributed by atoms with Gasteiger partial charge in [0.1, 0.15) is 17.1 Å². The van der Waals surface area contributed by atoms with Crippen LogP contribution < -0.4 is 5.82 Å². The third-order valence-corrected chi connectivity index (χ3v) is 6.58. The van der Waals surface area contributed by atoms with Crippen LogP contribution in [0.1, 0.15) is 69.1 Å². The van der Waals surface area contributed by atoms with Gasteiger partial charge in [0.05, 0.1) is 0 Å². The van der Waals surface area contributed by atoms with E-state index in [4.69, 9.17) is 13.6 Å². The van der Waals surface area contributed by atoms with Crippen molar-refractivity contribution in [3.8, 4) is 22.5 Å². The number of aryl methyl sites for hydroxylation is 2. The summed E-state index contributed by atoms with van der Waals surface area (Å²) >= 11 is 0. The third-order valence-electron chi connectivity index (χ3n) is 6.58. The number of benzene rings is 2. The number of aromatic amines is 1. The average Bonchev–Trinajstić information content (AvgIpc) is 3.67. The van der Waals surface area contributed by atoms with Gasteiger partial charge in [-0.1, -0.05) is 55.5 Å². The molecule has 0 aliphatic rings. The predicted molar refractivity (Wildman–Crippen MR) is 155 cm³/mol. The van der Waals surface area contributed by atoms with Gasteiger partial charge in [-0.15, -0.1) is 10.2 Å². The van der Waals surface area contributed by atoms with Gasteiger partial charge in [-0.2, -0.15) is 5.21 Å². The molecule has 0 amide bonds. The number of rotatable bonds is 10. The quantitative estimate of drug-likeness (QED) is 0.177. The monoisotopic (exact) mass is 600 g/mol. The molecular weight excluding hydrogens is 568 g/mol. The van der Waals surface area contributed by atoms with Crippen molar-refractivity contribution in [2.75, 3.05) is 0 Å². The van der Waals surface area contributed by atoms with E-state index in [9.17, 15) is 14.7 Å². The fourth-order valence-electron chi connectivity index (χ4n) is 4.60. The minimum atomic E-state index is -1.41. The van der Waals surface area contributed by atoms with Crippen LogP contribution >= 0.6 is 0 Å². The van der Waals surface area contributed by atoms with Gasteiger partial charge in [0.2, 0.25) is 5.82 Å². The molecule has 0 unspecified atom stereocenters. The molecule has 12 nitrogen and oxygen atoms in total. The standard InChI is InChI=1S/C29H30N6O6.Ca.2H/c1-5-8-23-30-25(29(3,4)38)24(27(36)39-16-22-17(2)40-28(37)41-22)35(23)15-18-11-13-19(14-12-18)20-9-6-7-10-21(20)26-31-33-34-32-26;;;/h6-7,9-14,38H,5,8,15-16H2,1-4H3,(H,31,32,33,34);;;/q;+2;2*-1. The van der Waals surface area contributed by atoms with E-state index in [1.54, 1.807) is 25.3 Å². The Labute approximate surface area is 274 Å². The normalized spacial score (nSPS) is 11.4. The maximum atomic E-state index is 13.5. The number of carbonyl (C=O) groups excluding carboxylic acids is 1. The number of nitrogens with one attached hydrogen (secondary N) is 1. The van der Waals surface area contributed by atoms with E-state index >= 15 is 0 Å². The number of nitrogens with zero attached hydrogens (tertiary/aromatic N) is 5. The van der Waals surface area contributed by atoms with Gasteiger partial charge in [0, 0.05) is 18.5 Å². The van der Waals surface area contributed by atoms with E-state index in [1.165, 1.54) is 0 Å². The van der Waals surface area contributed by atoms with Crippen molar-refractivity contribution in [3.63, 3.8) is 0 Å². The SMILES string of the molecule is CCCc1nc(C(C)(C)O)c(C(=O)OCc2oc(=O)oc2C)n1Cc1ccc(-c2ccccc2-c2nn[nH]n2)cc1.[Ca+2].[H-].[H-]. The first-order chi connectivity index (χ1) is 19.7. The fourth-order valence-corrected chi connectivity index (χ4v) is 4.60. The summed E-state index contributed by atoms with van der Waals surface area (Å²) in [5.41, 5.74) is 2.60. The Balaban J connectivity index is 0.00000225. The van der Waals surface area contributed by atoms with Gasteiger partial charge >= 0.3 is 49.5 Å². The summed E-state index contributed by atoms with van der Waals surface area (Å²) in [4.78, 5) is 29.5. The van der Waals surface area contributed by atoms with Gasteiger partial charge < -0.3 is 26.1 Å². The van der Waals surface area contributed by atoms with Gasteiger partial charge in [-0.25, -0.2) is 14.6 Å². The minimum Gasteiger partial charge on any atom is -1.00 e. The Bertz CT molecular complexity index is 1730. The molecule has 2 N–H and O–H groups in total. The van der Waals surface area contributed by atoms with Crippen LogP contribution in [-0.2, 0) is 29.9 Å². The summed E-state index contributed by atoms with van der Waals surface area (Å²) in [6.45, 7) is 6.72. The van der Waals surface area contributed by atoms with Crippen molar-refractivity contribution in [2.24, 2.45) is 0 Å². The number of ether oxygens (including phenoxy) is 1. The van der Waals surface area contributed by atoms with Gasteiger partial charge in [-0.05, 0) is 49.1 Å². The maximum absolute atomic E-state index is 13.5. The Kier molecular flexibility index (Phi) is 9.82. The van der Waals surface area contributed by atoms with Crippen LogP contribution in [0.15, 0.2) is 62.2 Å². The van der Waals surface area contributed by atoms with Crippen LogP contribution in [0, 0.1) is 6.92 Å². The number of aromatic nitrogens is 6. The summed E-state index contributed by atoms with van der Waals surface area (Å²) in [5, 5.41) is 25.3. The van der Waals surface area contributed by atoms with E-state index in [1.807, 2.05) is 55.5 Å². The van der Waals surface area contributed by atoms with Gasteiger partial charge in [0.25, 0.3) is 0 Å². The molecule has 3 aromatic heterocycles. The minimum absolute atomic E-state index is 0. The molecule has 5 aromatic rings. The van der Waals surface area contributed by atoms with Crippen molar-refractivity contribution < 1.29 is 26.3 Å². The summed E-state index contributed by atoms with van der Waals surface area (Å²) < 4.78 is 17.1. The van der Waals surface area contributed by atoms with Crippen LogP contribution in [0.3, 0.4) is 0 Å². The van der Waals surface area contributed by atoms with Crippen molar-refractivity contribution in [3.05, 3.63) is 93.4 Å². The summed E-state index contributed by atoms with van der Waals surface area (Å²) in [5.74, 6) is -0.0831. The molecule has 0 saturated carbocycles. The second-order valence-electron chi connectivity index (χ2n) is 10.1. The molecule has 0 fully saturated rings. The Hall–Kier alpha value is -3.58. The molecular formula is C29H32CaN6O6. The Morgan fingerprint density at radius 2 is 1.83 bits per heavy atom. The molecule has 0 saturated heterocycles. The van der Waals surface area contributed by atoms with Gasteiger partial charge in [-0.3, -0.25) is 0 Å². The molecule has 0 atom stereocenters. The van der Waals surface area contributed by atoms with E-state index < -0.39 is 17.4 Å². The topological polar surface area (TPSA) is 162 Å². The molecule has 3 heterocycles. The molecule has 2 aromatic carbocycles. The fraction of sp³-hybridized carbons (Fsp3) is 0.310. The molecule has 0 spiro atoms. The third kappa shape index (κ3) is 6.73. The van der Waals surface area contributed by atoms with Crippen LogP contribution in [0.4, 0.5) is 0 Å². The average molecular weight is 601 g/mol. The summed E-state index contributed by atoms with van der Waals surface area (Å²) in [6.07, 6.45) is 1.37. The predicted octanol–water partition coefficient (Wildman–Crippen LogP) is 4.01. The zero-order valence-corrected chi connectivity index (χ0v) is 26.1. The number of esters is 1. The van der Waals surface area contributed by atoms with Crippen LogP contribution in [0.5, 0.6) is 0 Å². The number of carbonyl (C=O) groups is 1. The molecule has 0 aliphatic carbocycles. The van der Waals surface area contributed by atoms with Crippen molar-refractivity contribution in [1.29, 1.82) is 0 Å². The van der Waals surface area contributed by atoms with Crippen molar-refractivity contribution in [2.45, 2.75) is 59.3 Å². The molecule has 0 radical (unpaired) electrons. The van der Waals surface area contributed by atoms with E-state index in [0.717, 1.165) is 28.7 Å². The Morgan fingerprint density at radius 3 is 2.43 bits per heavy atom. The first kappa shape index (κ1) is 31.4. The van der Waals surface area contributed by atoms with E-state index in [2.05, 4.69) is 25.6 Å². The van der Waals surface area contributed by atoms with Crippen LogP contribution in [0.2, 0.25) is 0 Å². The zero-order valence-electron chi connectivity index (χ0n) is 25.9. The smallest absolute Gasteiger partial charge is 1.00 e. The molecule has 0 bridgehead atoms. The zero-order chi connectivity index (χ0) is 29.1.